The maximum atomic E-state index is 12.0. The number of nitrogens with one attached hydrogen (secondary N) is 1. The van der Waals surface area contributed by atoms with Crippen LogP contribution in [-0.4, -0.2) is 19.1 Å². The van der Waals surface area contributed by atoms with E-state index in [9.17, 15) is 4.79 Å². The van der Waals surface area contributed by atoms with Crippen molar-refractivity contribution in [3.8, 4) is 0 Å². The quantitative estimate of drug-likeness (QED) is 0.887. The minimum atomic E-state index is 0.167. The molecular formula is C15H21NO2. The predicted molar refractivity (Wildman–Crippen MR) is 71.0 cm³/mol. The average Bonchev–Trinajstić information content (AvgIpc) is 2.46. The molecule has 2 rings (SSSR count). The van der Waals surface area contributed by atoms with E-state index in [0.717, 1.165) is 31.2 Å². The molecule has 98 valence electrons. The number of carbonyl (C=O) groups is 1. The molecule has 1 amide bonds. The van der Waals surface area contributed by atoms with Crippen molar-refractivity contribution in [2.24, 2.45) is 5.92 Å². The van der Waals surface area contributed by atoms with Crippen molar-refractivity contribution < 1.29 is 9.53 Å². The number of benzene rings is 1. The lowest BCUT2D eigenvalue weighted by atomic mass is 9.87. The van der Waals surface area contributed by atoms with E-state index in [0.29, 0.717) is 12.6 Å². The molecule has 1 saturated carbocycles. The Balaban J connectivity index is 1.75. The molecule has 0 aliphatic heterocycles. The van der Waals surface area contributed by atoms with E-state index < -0.39 is 0 Å². The van der Waals surface area contributed by atoms with Crippen molar-refractivity contribution in [3.05, 3.63) is 35.9 Å². The van der Waals surface area contributed by atoms with Crippen molar-refractivity contribution in [2.75, 3.05) is 7.11 Å². The molecule has 1 aromatic rings. The van der Waals surface area contributed by atoms with Crippen LogP contribution in [-0.2, 0) is 16.1 Å². The highest BCUT2D eigenvalue weighted by Gasteiger charge is 2.25. The van der Waals surface area contributed by atoms with Crippen LogP contribution in [0.5, 0.6) is 0 Å². The molecule has 3 nitrogen and oxygen atoms in total. The molecule has 0 aromatic heterocycles. The van der Waals surface area contributed by atoms with Gasteiger partial charge in [0.15, 0.2) is 0 Å². The minimum absolute atomic E-state index is 0.167. The summed E-state index contributed by atoms with van der Waals surface area (Å²) in [5, 5.41) is 3.02. The van der Waals surface area contributed by atoms with Crippen molar-refractivity contribution >= 4 is 5.91 Å². The Morgan fingerprint density at radius 1 is 1.22 bits per heavy atom. The molecule has 0 heterocycles. The van der Waals surface area contributed by atoms with Gasteiger partial charge in [-0.2, -0.15) is 0 Å². The fourth-order valence-corrected chi connectivity index (χ4v) is 2.49. The molecule has 0 saturated heterocycles. The van der Waals surface area contributed by atoms with Crippen LogP contribution in [0, 0.1) is 5.92 Å². The summed E-state index contributed by atoms with van der Waals surface area (Å²) in [6.07, 6.45) is 4.24. The summed E-state index contributed by atoms with van der Waals surface area (Å²) in [6.45, 7) is 0.629. The van der Waals surface area contributed by atoms with E-state index in [2.05, 4.69) is 5.32 Å². The normalized spacial score (nSPS) is 23.6. The maximum absolute atomic E-state index is 12.0. The third-order valence-electron chi connectivity index (χ3n) is 3.69. The van der Waals surface area contributed by atoms with Gasteiger partial charge in [-0.25, -0.2) is 0 Å². The fourth-order valence-electron chi connectivity index (χ4n) is 2.49. The zero-order valence-corrected chi connectivity index (χ0v) is 10.9. The molecule has 1 aliphatic rings. The van der Waals surface area contributed by atoms with E-state index in [1.54, 1.807) is 7.11 Å². The highest BCUT2D eigenvalue weighted by Crippen LogP contribution is 2.25. The number of ether oxygens (including phenoxy) is 1. The molecule has 0 spiro atoms. The molecule has 0 unspecified atom stereocenters. The zero-order valence-electron chi connectivity index (χ0n) is 10.9. The molecule has 3 heteroatoms. The van der Waals surface area contributed by atoms with Gasteiger partial charge in [-0.1, -0.05) is 30.3 Å². The van der Waals surface area contributed by atoms with E-state index in [-0.39, 0.29) is 11.8 Å². The Morgan fingerprint density at radius 2 is 1.89 bits per heavy atom. The summed E-state index contributed by atoms with van der Waals surface area (Å²) in [5.74, 6) is 0.355. The third kappa shape index (κ3) is 3.57. The van der Waals surface area contributed by atoms with Crippen LogP contribution in [0.25, 0.3) is 0 Å². The largest absolute Gasteiger partial charge is 0.381 e. The fraction of sp³-hybridized carbons (Fsp3) is 0.533. The highest BCUT2D eigenvalue weighted by atomic mass is 16.5. The molecule has 0 atom stereocenters. The van der Waals surface area contributed by atoms with Crippen LogP contribution in [0.2, 0.25) is 0 Å². The molecular weight excluding hydrogens is 226 g/mol. The number of amides is 1. The highest BCUT2D eigenvalue weighted by molar-refractivity contribution is 5.78. The molecule has 0 radical (unpaired) electrons. The topological polar surface area (TPSA) is 38.3 Å². The van der Waals surface area contributed by atoms with Crippen LogP contribution in [0.3, 0.4) is 0 Å². The number of hydrogen-bond donors (Lipinski definition) is 1. The van der Waals surface area contributed by atoms with Crippen molar-refractivity contribution in [3.63, 3.8) is 0 Å². The Morgan fingerprint density at radius 3 is 2.50 bits per heavy atom. The van der Waals surface area contributed by atoms with Crippen LogP contribution in [0.1, 0.15) is 31.2 Å². The Hall–Kier alpha value is -1.35. The van der Waals surface area contributed by atoms with Gasteiger partial charge in [0, 0.05) is 19.6 Å². The molecule has 1 aliphatic carbocycles. The van der Waals surface area contributed by atoms with Gasteiger partial charge in [0.2, 0.25) is 5.91 Å². The van der Waals surface area contributed by atoms with Gasteiger partial charge in [0.05, 0.1) is 6.10 Å². The molecule has 0 bridgehead atoms. The summed E-state index contributed by atoms with van der Waals surface area (Å²) in [7, 11) is 1.75. The maximum Gasteiger partial charge on any atom is 0.223 e. The van der Waals surface area contributed by atoms with Gasteiger partial charge >= 0.3 is 0 Å². The third-order valence-corrected chi connectivity index (χ3v) is 3.69. The van der Waals surface area contributed by atoms with Crippen LogP contribution < -0.4 is 5.32 Å². The van der Waals surface area contributed by atoms with Gasteiger partial charge in [-0.3, -0.25) is 4.79 Å². The number of hydrogen-bond acceptors (Lipinski definition) is 2. The second-order valence-corrected chi connectivity index (χ2v) is 4.91. The summed E-state index contributed by atoms with van der Waals surface area (Å²) in [6, 6.07) is 10.0. The Labute approximate surface area is 109 Å². The van der Waals surface area contributed by atoms with E-state index in [4.69, 9.17) is 4.74 Å². The lowest BCUT2D eigenvalue weighted by Gasteiger charge is -2.26. The first kappa shape index (κ1) is 13.1. The van der Waals surface area contributed by atoms with E-state index in [1.165, 1.54) is 0 Å². The van der Waals surface area contributed by atoms with Crippen LogP contribution in [0.15, 0.2) is 30.3 Å². The van der Waals surface area contributed by atoms with Gasteiger partial charge in [0.25, 0.3) is 0 Å². The second kappa shape index (κ2) is 6.55. The van der Waals surface area contributed by atoms with E-state index in [1.807, 2.05) is 30.3 Å². The van der Waals surface area contributed by atoms with Gasteiger partial charge in [-0.05, 0) is 31.2 Å². The lowest BCUT2D eigenvalue weighted by molar-refractivity contribution is -0.126. The Kier molecular flexibility index (Phi) is 4.76. The zero-order chi connectivity index (χ0) is 12.8. The number of methoxy groups -OCH3 is 1. The molecule has 1 aromatic carbocycles. The molecule has 18 heavy (non-hydrogen) atoms. The SMILES string of the molecule is COC1CCC(C(=O)NCc2ccccc2)CC1. The monoisotopic (exact) mass is 247 g/mol. The average molecular weight is 247 g/mol. The first-order valence-corrected chi connectivity index (χ1v) is 6.64. The minimum Gasteiger partial charge on any atom is -0.381 e. The summed E-state index contributed by atoms with van der Waals surface area (Å²) >= 11 is 0. The van der Waals surface area contributed by atoms with Crippen molar-refractivity contribution in [2.45, 2.75) is 38.3 Å². The van der Waals surface area contributed by atoms with Crippen molar-refractivity contribution in [1.82, 2.24) is 5.32 Å². The smallest absolute Gasteiger partial charge is 0.223 e. The van der Waals surface area contributed by atoms with Crippen LogP contribution >= 0.6 is 0 Å². The standard InChI is InChI=1S/C15H21NO2/c1-18-14-9-7-13(8-10-14)15(17)16-11-12-5-3-2-4-6-12/h2-6,13-14H,7-11H2,1H3,(H,16,17). The lowest BCUT2D eigenvalue weighted by Crippen LogP contribution is -2.34. The van der Waals surface area contributed by atoms with Crippen LogP contribution in [0.4, 0.5) is 0 Å². The molecule has 1 N–H and O–H groups in total. The predicted octanol–water partition coefficient (Wildman–Crippen LogP) is 2.51. The van der Waals surface area contributed by atoms with Gasteiger partial charge < -0.3 is 10.1 Å². The van der Waals surface area contributed by atoms with E-state index >= 15 is 0 Å². The second-order valence-electron chi connectivity index (χ2n) is 4.91. The Bertz CT molecular complexity index is 369. The number of rotatable bonds is 4. The summed E-state index contributed by atoms with van der Waals surface area (Å²) < 4.78 is 5.32. The summed E-state index contributed by atoms with van der Waals surface area (Å²) in [4.78, 5) is 12.0. The van der Waals surface area contributed by atoms with Gasteiger partial charge in [0.1, 0.15) is 0 Å². The first-order valence-electron chi connectivity index (χ1n) is 6.64. The van der Waals surface area contributed by atoms with Gasteiger partial charge in [-0.15, -0.1) is 0 Å². The van der Waals surface area contributed by atoms with Crippen molar-refractivity contribution in [1.29, 1.82) is 0 Å². The summed E-state index contributed by atoms with van der Waals surface area (Å²) in [5.41, 5.74) is 1.15. The number of carbonyl (C=O) groups excluding carboxylic acids is 1. The first-order chi connectivity index (χ1) is 8.79. The molecule has 1 fully saturated rings.